The van der Waals surface area contributed by atoms with Crippen molar-refractivity contribution in [3.05, 3.63) is 59.4 Å². The highest BCUT2D eigenvalue weighted by Gasteiger charge is 2.25. The molecule has 0 bridgehead atoms. The molecule has 0 saturated carbocycles. The van der Waals surface area contributed by atoms with Gasteiger partial charge in [0.05, 0.1) is 5.56 Å². The lowest BCUT2D eigenvalue weighted by Gasteiger charge is -2.36. The zero-order chi connectivity index (χ0) is 18.7. The van der Waals surface area contributed by atoms with Crippen molar-refractivity contribution in [1.29, 1.82) is 5.26 Å². The van der Waals surface area contributed by atoms with Crippen LogP contribution in [0.1, 0.15) is 28.8 Å². The van der Waals surface area contributed by atoms with Crippen LogP contribution in [0.2, 0.25) is 0 Å². The maximum atomic E-state index is 13.6. The lowest BCUT2D eigenvalue weighted by molar-refractivity contribution is 0.0635. The third-order valence-electron chi connectivity index (χ3n) is 4.94. The zero-order valence-electron chi connectivity index (χ0n) is 15.1. The molecule has 2 aromatic rings. The fraction of sp³-hybridized carbons (Fsp3) is 0.333. The number of hydrogen-bond acceptors (Lipinski definition) is 3. The molecule has 1 atom stereocenters. The molecule has 0 unspecified atom stereocenters. The molecular formula is C21H22FN3O. The molecule has 2 aromatic carbocycles. The summed E-state index contributed by atoms with van der Waals surface area (Å²) in [5.41, 5.74) is 2.14. The fourth-order valence-electron chi connectivity index (χ4n) is 3.37. The molecule has 1 heterocycles. The van der Waals surface area contributed by atoms with Crippen LogP contribution in [0.25, 0.3) is 11.1 Å². The second kappa shape index (κ2) is 7.67. The van der Waals surface area contributed by atoms with E-state index < -0.39 is 5.82 Å². The van der Waals surface area contributed by atoms with Gasteiger partial charge in [0.1, 0.15) is 11.9 Å². The first-order chi connectivity index (χ1) is 12.5. The Labute approximate surface area is 153 Å². The molecule has 3 rings (SSSR count). The van der Waals surface area contributed by atoms with Gasteiger partial charge < -0.3 is 9.80 Å². The summed E-state index contributed by atoms with van der Waals surface area (Å²) in [5, 5.41) is 9.02. The molecule has 0 aromatic heterocycles. The van der Waals surface area contributed by atoms with Gasteiger partial charge in [-0.25, -0.2) is 4.39 Å². The van der Waals surface area contributed by atoms with E-state index in [1.165, 1.54) is 12.1 Å². The Bertz CT molecular complexity index is 857. The van der Waals surface area contributed by atoms with Crippen LogP contribution in [0.3, 0.4) is 0 Å². The third-order valence-corrected chi connectivity index (χ3v) is 4.94. The van der Waals surface area contributed by atoms with Crippen molar-refractivity contribution in [2.24, 2.45) is 0 Å². The smallest absolute Gasteiger partial charge is 0.253 e. The SMILES string of the molecule is CN(C)[C@H]1CCCN(C(=O)c2cccc(-c3ccc(F)c(C#N)c3)c2)C1. The van der Waals surface area contributed by atoms with Crippen molar-refractivity contribution in [2.45, 2.75) is 18.9 Å². The first-order valence-corrected chi connectivity index (χ1v) is 8.75. The zero-order valence-corrected chi connectivity index (χ0v) is 15.1. The largest absolute Gasteiger partial charge is 0.337 e. The van der Waals surface area contributed by atoms with E-state index >= 15 is 0 Å². The molecule has 5 heteroatoms. The summed E-state index contributed by atoms with van der Waals surface area (Å²) in [6.45, 7) is 1.49. The maximum absolute atomic E-state index is 13.6. The Morgan fingerprint density at radius 1 is 1.23 bits per heavy atom. The number of likely N-dealkylation sites (N-methyl/N-ethyl adjacent to an activating group) is 1. The molecule has 1 fully saturated rings. The summed E-state index contributed by atoms with van der Waals surface area (Å²) in [7, 11) is 4.08. The average Bonchev–Trinajstić information content (AvgIpc) is 2.68. The van der Waals surface area contributed by atoms with E-state index in [1.54, 1.807) is 12.1 Å². The summed E-state index contributed by atoms with van der Waals surface area (Å²) >= 11 is 0. The fourth-order valence-corrected chi connectivity index (χ4v) is 3.37. The van der Waals surface area contributed by atoms with Gasteiger partial charge in [-0.2, -0.15) is 5.26 Å². The maximum Gasteiger partial charge on any atom is 0.253 e. The first-order valence-electron chi connectivity index (χ1n) is 8.75. The monoisotopic (exact) mass is 351 g/mol. The van der Waals surface area contributed by atoms with E-state index in [1.807, 2.05) is 43.3 Å². The van der Waals surface area contributed by atoms with Crippen LogP contribution in [0.5, 0.6) is 0 Å². The van der Waals surface area contributed by atoms with Crippen LogP contribution in [0.4, 0.5) is 4.39 Å². The molecule has 0 N–H and O–H groups in total. The predicted molar refractivity (Wildman–Crippen MR) is 99.2 cm³/mol. The molecule has 0 radical (unpaired) electrons. The molecule has 26 heavy (non-hydrogen) atoms. The van der Waals surface area contributed by atoms with Crippen LogP contribution in [-0.4, -0.2) is 48.9 Å². The number of carbonyl (C=O) groups is 1. The Morgan fingerprint density at radius 2 is 2.00 bits per heavy atom. The number of hydrogen-bond donors (Lipinski definition) is 0. The van der Waals surface area contributed by atoms with Gasteiger partial charge in [-0.05, 0) is 62.3 Å². The van der Waals surface area contributed by atoms with Gasteiger partial charge >= 0.3 is 0 Å². The number of likely N-dealkylation sites (tertiary alicyclic amines) is 1. The summed E-state index contributed by atoms with van der Waals surface area (Å²) < 4.78 is 13.6. The summed E-state index contributed by atoms with van der Waals surface area (Å²) in [6.07, 6.45) is 2.10. The van der Waals surface area contributed by atoms with Crippen molar-refractivity contribution in [3.63, 3.8) is 0 Å². The predicted octanol–water partition coefficient (Wildman–Crippen LogP) is 3.53. The van der Waals surface area contributed by atoms with Crippen molar-refractivity contribution in [2.75, 3.05) is 27.2 Å². The molecule has 1 amide bonds. The molecule has 1 aliphatic rings. The molecule has 4 nitrogen and oxygen atoms in total. The third kappa shape index (κ3) is 3.76. The van der Waals surface area contributed by atoms with E-state index in [2.05, 4.69) is 4.90 Å². The normalized spacial score (nSPS) is 17.2. The Kier molecular flexibility index (Phi) is 5.34. The lowest BCUT2D eigenvalue weighted by Crippen LogP contribution is -2.47. The highest BCUT2D eigenvalue weighted by molar-refractivity contribution is 5.95. The number of carbonyl (C=O) groups excluding carboxylic acids is 1. The van der Waals surface area contributed by atoms with Crippen molar-refractivity contribution < 1.29 is 9.18 Å². The van der Waals surface area contributed by atoms with Crippen molar-refractivity contribution >= 4 is 5.91 Å². The molecule has 1 saturated heterocycles. The van der Waals surface area contributed by atoms with Crippen LogP contribution in [0.15, 0.2) is 42.5 Å². The Morgan fingerprint density at radius 3 is 2.73 bits per heavy atom. The van der Waals surface area contributed by atoms with Crippen LogP contribution in [-0.2, 0) is 0 Å². The second-order valence-corrected chi connectivity index (χ2v) is 6.90. The standard InChI is InChI=1S/C21H22FN3O/c1-24(2)19-7-4-10-25(14-19)21(26)17-6-3-5-15(11-17)16-8-9-20(22)18(12-16)13-23/h3,5-6,8-9,11-12,19H,4,7,10,14H2,1-2H3/t19-/m0/s1. The summed E-state index contributed by atoms with van der Waals surface area (Å²) in [5.74, 6) is -0.521. The van der Waals surface area contributed by atoms with Gasteiger partial charge in [0, 0.05) is 24.7 Å². The number of amides is 1. The van der Waals surface area contributed by atoms with E-state index in [0.29, 0.717) is 11.6 Å². The number of halogens is 1. The Hall–Kier alpha value is -2.71. The molecule has 0 aliphatic carbocycles. The number of nitrogens with zero attached hydrogens (tertiary/aromatic N) is 3. The van der Waals surface area contributed by atoms with Crippen molar-refractivity contribution in [1.82, 2.24) is 9.80 Å². The summed E-state index contributed by atoms with van der Waals surface area (Å²) in [4.78, 5) is 17.0. The first kappa shape index (κ1) is 18.1. The van der Waals surface area contributed by atoms with E-state index in [4.69, 9.17) is 5.26 Å². The number of piperidine rings is 1. The minimum Gasteiger partial charge on any atom is -0.337 e. The van der Waals surface area contributed by atoms with E-state index in [-0.39, 0.29) is 11.5 Å². The molecule has 134 valence electrons. The van der Waals surface area contributed by atoms with Crippen LogP contribution in [0, 0.1) is 17.1 Å². The quantitative estimate of drug-likeness (QED) is 0.850. The minimum absolute atomic E-state index is 0.00378. The highest BCUT2D eigenvalue weighted by Crippen LogP contribution is 2.24. The van der Waals surface area contributed by atoms with Crippen LogP contribution >= 0.6 is 0 Å². The minimum atomic E-state index is -0.536. The molecule has 1 aliphatic heterocycles. The number of rotatable bonds is 3. The second-order valence-electron chi connectivity index (χ2n) is 6.90. The average molecular weight is 351 g/mol. The van der Waals surface area contributed by atoms with Gasteiger partial charge in [-0.1, -0.05) is 18.2 Å². The highest BCUT2D eigenvalue weighted by atomic mass is 19.1. The summed E-state index contributed by atoms with van der Waals surface area (Å²) in [6, 6.07) is 14.0. The van der Waals surface area contributed by atoms with Crippen LogP contribution < -0.4 is 0 Å². The molecular weight excluding hydrogens is 329 g/mol. The lowest BCUT2D eigenvalue weighted by atomic mass is 9.99. The topological polar surface area (TPSA) is 47.3 Å². The Balaban J connectivity index is 1.85. The van der Waals surface area contributed by atoms with Gasteiger partial charge in [-0.15, -0.1) is 0 Å². The van der Waals surface area contributed by atoms with Gasteiger partial charge in [-0.3, -0.25) is 4.79 Å². The number of nitriles is 1. The number of benzene rings is 2. The van der Waals surface area contributed by atoms with E-state index in [0.717, 1.165) is 37.1 Å². The van der Waals surface area contributed by atoms with Gasteiger partial charge in [0.15, 0.2) is 0 Å². The molecule has 0 spiro atoms. The van der Waals surface area contributed by atoms with Gasteiger partial charge in [0.2, 0.25) is 0 Å². The van der Waals surface area contributed by atoms with Gasteiger partial charge in [0.25, 0.3) is 5.91 Å². The van der Waals surface area contributed by atoms with Crippen molar-refractivity contribution in [3.8, 4) is 17.2 Å². The van der Waals surface area contributed by atoms with E-state index in [9.17, 15) is 9.18 Å².